The van der Waals surface area contributed by atoms with Crippen LogP contribution in [0, 0.1) is 11.6 Å². The molecule has 10 heteroatoms. The largest absolute Gasteiger partial charge is 0.383 e. The molecule has 38 heavy (non-hydrogen) atoms. The molecule has 0 aliphatic carbocycles. The van der Waals surface area contributed by atoms with Crippen LogP contribution in [0.3, 0.4) is 0 Å². The number of nitrogen functional groups attached to an aromatic ring is 1. The van der Waals surface area contributed by atoms with Crippen LogP contribution < -0.4 is 10.6 Å². The second kappa shape index (κ2) is 10.00. The molecule has 6 rings (SSSR count). The van der Waals surface area contributed by atoms with E-state index in [0.29, 0.717) is 47.0 Å². The van der Waals surface area contributed by atoms with Gasteiger partial charge in [-0.15, -0.1) is 5.10 Å². The summed E-state index contributed by atoms with van der Waals surface area (Å²) in [6.07, 6.45) is 0. The number of benzene rings is 3. The zero-order valence-electron chi connectivity index (χ0n) is 20.4. The van der Waals surface area contributed by atoms with E-state index < -0.39 is 11.6 Å². The fraction of sp³-hybridized carbons (Fsp3) is 0.179. The van der Waals surface area contributed by atoms with Crippen LogP contribution in [-0.4, -0.2) is 50.8 Å². The first-order valence-electron chi connectivity index (χ1n) is 12.2. The first-order valence-corrected chi connectivity index (χ1v) is 12.6. The molecule has 2 N–H and O–H groups in total. The Morgan fingerprint density at radius 1 is 0.868 bits per heavy atom. The van der Waals surface area contributed by atoms with E-state index in [1.807, 2.05) is 24.3 Å². The van der Waals surface area contributed by atoms with Crippen molar-refractivity contribution >= 4 is 34.4 Å². The van der Waals surface area contributed by atoms with E-state index in [1.54, 1.807) is 30.3 Å². The molecule has 0 atom stereocenters. The maximum atomic E-state index is 15.0. The van der Waals surface area contributed by atoms with Crippen molar-refractivity contribution in [3.8, 4) is 16.9 Å². The van der Waals surface area contributed by atoms with Crippen LogP contribution in [0.2, 0.25) is 5.02 Å². The first kappa shape index (κ1) is 24.3. The number of nitrogens with zero attached hydrogens (tertiary/aromatic N) is 6. The number of rotatable bonds is 5. The highest BCUT2D eigenvalue weighted by Gasteiger charge is 2.25. The summed E-state index contributed by atoms with van der Waals surface area (Å²) >= 11 is 6.01. The Bertz CT molecular complexity index is 1610. The molecular weight excluding hydrogens is 508 g/mol. The topological polar surface area (TPSA) is 76.1 Å². The van der Waals surface area contributed by atoms with Gasteiger partial charge in [0.05, 0.1) is 16.8 Å². The lowest BCUT2D eigenvalue weighted by atomic mass is 10.1. The van der Waals surface area contributed by atoms with Crippen molar-refractivity contribution in [2.24, 2.45) is 0 Å². The Balaban J connectivity index is 1.36. The summed E-state index contributed by atoms with van der Waals surface area (Å²) < 4.78 is 30.3. The predicted molar refractivity (Wildman–Crippen MR) is 145 cm³/mol. The Morgan fingerprint density at radius 2 is 1.63 bits per heavy atom. The van der Waals surface area contributed by atoms with E-state index in [0.717, 1.165) is 24.7 Å². The monoisotopic (exact) mass is 531 g/mol. The van der Waals surface area contributed by atoms with Crippen LogP contribution in [0.25, 0.3) is 28.0 Å². The van der Waals surface area contributed by atoms with Crippen molar-refractivity contribution in [2.75, 3.05) is 36.8 Å². The third-order valence-corrected chi connectivity index (χ3v) is 6.97. The summed E-state index contributed by atoms with van der Waals surface area (Å²) in [5.74, 6) is -0.183. The van der Waals surface area contributed by atoms with Gasteiger partial charge >= 0.3 is 0 Å². The normalized spacial score (nSPS) is 14.3. The van der Waals surface area contributed by atoms with E-state index in [4.69, 9.17) is 27.3 Å². The second-order valence-corrected chi connectivity index (χ2v) is 9.65. The summed E-state index contributed by atoms with van der Waals surface area (Å²) in [4.78, 5) is 13.9. The molecule has 192 valence electrons. The number of hydrogen-bond acceptors (Lipinski definition) is 6. The van der Waals surface area contributed by atoms with Crippen LogP contribution in [0.4, 0.5) is 20.5 Å². The van der Waals surface area contributed by atoms with Gasteiger partial charge in [-0.1, -0.05) is 41.9 Å². The minimum Gasteiger partial charge on any atom is -0.383 e. The van der Waals surface area contributed by atoms with Crippen LogP contribution >= 0.6 is 11.6 Å². The molecule has 5 aromatic rings. The lowest BCUT2D eigenvalue weighted by Crippen LogP contribution is -2.46. The van der Waals surface area contributed by atoms with E-state index in [2.05, 4.69) is 14.9 Å². The number of fused-ring (bicyclic) bond motifs is 1. The number of anilines is 2. The quantitative estimate of drug-likeness (QED) is 0.331. The molecule has 0 radical (unpaired) electrons. The number of aromatic nitrogens is 4. The molecule has 3 heterocycles. The lowest BCUT2D eigenvalue weighted by molar-refractivity contribution is 0.249. The summed E-state index contributed by atoms with van der Waals surface area (Å²) in [5.41, 5.74) is 9.09. The van der Waals surface area contributed by atoms with Crippen LogP contribution in [0.1, 0.15) is 5.56 Å². The van der Waals surface area contributed by atoms with Crippen LogP contribution in [-0.2, 0) is 6.54 Å². The third-order valence-electron chi connectivity index (χ3n) is 6.71. The van der Waals surface area contributed by atoms with Crippen molar-refractivity contribution in [1.29, 1.82) is 0 Å². The highest BCUT2D eigenvalue weighted by molar-refractivity contribution is 6.30. The molecule has 3 aromatic carbocycles. The summed E-state index contributed by atoms with van der Waals surface area (Å²) in [6.45, 7) is 3.81. The summed E-state index contributed by atoms with van der Waals surface area (Å²) in [7, 11) is 0. The molecule has 7 nitrogen and oxygen atoms in total. The Kier molecular flexibility index (Phi) is 6.39. The fourth-order valence-electron chi connectivity index (χ4n) is 4.75. The zero-order chi connectivity index (χ0) is 26.2. The molecule has 0 spiro atoms. The SMILES string of the molecule is Nc1c2c(-c3ccccc3F)nc(N3CCN(Cc4ccc(Cl)cc4)CC3)nc2nn1-c1cccc(F)c1. The fourth-order valence-corrected chi connectivity index (χ4v) is 4.87. The van der Waals surface area contributed by atoms with Crippen molar-refractivity contribution in [3.63, 3.8) is 0 Å². The van der Waals surface area contributed by atoms with Crippen LogP contribution in [0.5, 0.6) is 0 Å². The average Bonchev–Trinajstić information content (AvgIpc) is 3.26. The van der Waals surface area contributed by atoms with Gasteiger partial charge in [0.15, 0.2) is 5.65 Å². The molecule has 1 aliphatic heterocycles. The second-order valence-electron chi connectivity index (χ2n) is 9.22. The zero-order valence-corrected chi connectivity index (χ0v) is 21.1. The Morgan fingerprint density at radius 3 is 2.37 bits per heavy atom. The molecule has 0 unspecified atom stereocenters. The van der Waals surface area contributed by atoms with Gasteiger partial charge in [-0.3, -0.25) is 4.90 Å². The Hall–Kier alpha value is -4.08. The van der Waals surface area contributed by atoms with Gasteiger partial charge in [-0.05, 0) is 48.0 Å². The smallest absolute Gasteiger partial charge is 0.228 e. The number of hydrogen-bond donors (Lipinski definition) is 1. The van der Waals surface area contributed by atoms with Crippen molar-refractivity contribution in [1.82, 2.24) is 24.6 Å². The van der Waals surface area contributed by atoms with Crippen molar-refractivity contribution in [2.45, 2.75) is 6.54 Å². The number of piperazine rings is 1. The van der Waals surface area contributed by atoms with Gasteiger partial charge in [-0.2, -0.15) is 4.98 Å². The third kappa shape index (κ3) is 4.66. The average molecular weight is 532 g/mol. The number of halogens is 3. The van der Waals surface area contributed by atoms with Crippen molar-refractivity contribution < 1.29 is 8.78 Å². The molecule has 0 amide bonds. The maximum Gasteiger partial charge on any atom is 0.228 e. The van der Waals surface area contributed by atoms with E-state index in [-0.39, 0.29) is 5.82 Å². The van der Waals surface area contributed by atoms with Crippen LogP contribution in [0.15, 0.2) is 72.8 Å². The highest BCUT2D eigenvalue weighted by Crippen LogP contribution is 2.34. The van der Waals surface area contributed by atoms with E-state index in [1.165, 1.54) is 28.4 Å². The van der Waals surface area contributed by atoms with Crippen molar-refractivity contribution in [3.05, 3.63) is 95.0 Å². The van der Waals surface area contributed by atoms with E-state index >= 15 is 0 Å². The summed E-state index contributed by atoms with van der Waals surface area (Å²) in [6, 6.07) is 20.2. The van der Waals surface area contributed by atoms with Gasteiger partial charge < -0.3 is 10.6 Å². The molecule has 1 fully saturated rings. The molecule has 0 saturated carbocycles. The predicted octanol–water partition coefficient (Wildman–Crippen LogP) is 5.32. The van der Waals surface area contributed by atoms with Gasteiger partial charge in [0, 0.05) is 43.3 Å². The molecular formula is C28H24ClF2N7. The number of nitrogens with two attached hydrogens (primary N) is 1. The Labute approximate surface area is 223 Å². The standard InChI is InChI=1S/C28H24ClF2N7/c29-19-10-8-18(9-11-19)17-36-12-14-37(15-13-36)28-33-25(22-6-1-2-7-23(22)31)24-26(32)38(35-27(24)34-28)21-5-3-4-20(30)16-21/h1-11,16H,12-15,17,32H2. The first-order chi connectivity index (χ1) is 18.5. The summed E-state index contributed by atoms with van der Waals surface area (Å²) in [5, 5.41) is 5.72. The van der Waals surface area contributed by atoms with E-state index in [9.17, 15) is 8.78 Å². The molecule has 0 bridgehead atoms. The van der Waals surface area contributed by atoms with Gasteiger partial charge in [0.2, 0.25) is 5.95 Å². The minimum atomic E-state index is -0.427. The minimum absolute atomic E-state index is 0.211. The van der Waals surface area contributed by atoms with Gasteiger partial charge in [0.25, 0.3) is 0 Å². The van der Waals surface area contributed by atoms with Gasteiger partial charge in [0.1, 0.15) is 17.5 Å². The molecule has 2 aromatic heterocycles. The highest BCUT2D eigenvalue weighted by atomic mass is 35.5. The lowest BCUT2D eigenvalue weighted by Gasteiger charge is -2.34. The van der Waals surface area contributed by atoms with Gasteiger partial charge in [-0.25, -0.2) is 18.4 Å². The molecule has 1 saturated heterocycles. The maximum absolute atomic E-state index is 15.0. The molecule has 1 aliphatic rings.